The van der Waals surface area contributed by atoms with Crippen molar-refractivity contribution in [2.24, 2.45) is 0 Å². The molecule has 0 saturated carbocycles. The van der Waals surface area contributed by atoms with Gasteiger partial charge in [0.15, 0.2) is 0 Å². The first-order valence-corrected chi connectivity index (χ1v) is 8.77. The largest absolute Gasteiger partial charge is 0.496 e. The Hall–Kier alpha value is -2.04. The number of methoxy groups -OCH3 is 1. The van der Waals surface area contributed by atoms with Crippen LogP contribution in [0.25, 0.3) is 0 Å². The third-order valence-corrected chi connectivity index (χ3v) is 5.06. The van der Waals surface area contributed by atoms with E-state index < -0.39 is 0 Å². The Balaban J connectivity index is 1.80. The number of halogens is 1. The van der Waals surface area contributed by atoms with Crippen LogP contribution in [0.5, 0.6) is 5.75 Å². The summed E-state index contributed by atoms with van der Waals surface area (Å²) in [4.78, 5) is 12.7. The molecule has 2 aromatic carbocycles. The van der Waals surface area contributed by atoms with Crippen molar-refractivity contribution >= 4 is 17.5 Å². The lowest BCUT2D eigenvalue weighted by Crippen LogP contribution is -2.44. The summed E-state index contributed by atoms with van der Waals surface area (Å²) in [6.45, 7) is 1.95. The Morgan fingerprint density at radius 3 is 2.60 bits per heavy atom. The van der Waals surface area contributed by atoms with E-state index in [1.807, 2.05) is 18.2 Å². The summed E-state index contributed by atoms with van der Waals surface area (Å²) < 4.78 is 10.8. The molecule has 0 aliphatic carbocycles. The number of rotatable bonds is 5. The van der Waals surface area contributed by atoms with Crippen LogP contribution in [0.4, 0.5) is 0 Å². The van der Waals surface area contributed by atoms with Crippen molar-refractivity contribution in [3.05, 3.63) is 64.7 Å². The van der Waals surface area contributed by atoms with Gasteiger partial charge in [0, 0.05) is 30.2 Å². The monoisotopic (exact) mass is 359 g/mol. The van der Waals surface area contributed by atoms with Gasteiger partial charge in [0.2, 0.25) is 0 Å². The summed E-state index contributed by atoms with van der Waals surface area (Å²) in [5.41, 5.74) is 1.57. The normalized spacial score (nSPS) is 16.2. The third-order valence-electron chi connectivity index (χ3n) is 4.83. The zero-order valence-corrected chi connectivity index (χ0v) is 15.0. The standard InChI is InChI=1S/C20H22ClNO3/c1-24-18-8-7-16(21)13-17(18)19(23)22-14-20(9-11-25-12-10-20)15-5-3-2-4-6-15/h2-8,13H,9-12,14H2,1H3,(H,22,23). The number of ether oxygens (including phenoxy) is 2. The van der Waals surface area contributed by atoms with Gasteiger partial charge in [0.25, 0.3) is 5.91 Å². The number of carbonyl (C=O) groups is 1. The molecular weight excluding hydrogens is 338 g/mol. The van der Waals surface area contributed by atoms with Crippen molar-refractivity contribution in [2.45, 2.75) is 18.3 Å². The van der Waals surface area contributed by atoms with Gasteiger partial charge >= 0.3 is 0 Å². The zero-order valence-electron chi connectivity index (χ0n) is 14.3. The molecule has 25 heavy (non-hydrogen) atoms. The van der Waals surface area contributed by atoms with Crippen LogP contribution in [0.2, 0.25) is 5.02 Å². The first kappa shape index (κ1) is 17.8. The molecule has 1 saturated heterocycles. The number of nitrogens with one attached hydrogen (secondary N) is 1. The molecule has 0 atom stereocenters. The Labute approximate surface area is 153 Å². The summed E-state index contributed by atoms with van der Waals surface area (Å²) in [5, 5.41) is 3.59. The van der Waals surface area contributed by atoms with Gasteiger partial charge in [-0.25, -0.2) is 0 Å². The van der Waals surface area contributed by atoms with Gasteiger partial charge in [0.05, 0.1) is 12.7 Å². The van der Waals surface area contributed by atoms with Gasteiger partial charge in [-0.2, -0.15) is 0 Å². The van der Waals surface area contributed by atoms with E-state index in [9.17, 15) is 4.79 Å². The van der Waals surface area contributed by atoms with Crippen molar-refractivity contribution < 1.29 is 14.3 Å². The SMILES string of the molecule is COc1ccc(Cl)cc1C(=O)NCC1(c2ccccc2)CCOCC1. The van der Waals surface area contributed by atoms with E-state index in [4.69, 9.17) is 21.1 Å². The van der Waals surface area contributed by atoms with E-state index in [0.717, 1.165) is 12.8 Å². The summed E-state index contributed by atoms with van der Waals surface area (Å²) in [7, 11) is 1.55. The van der Waals surface area contributed by atoms with Crippen molar-refractivity contribution in [3.8, 4) is 5.75 Å². The Morgan fingerprint density at radius 1 is 1.20 bits per heavy atom. The number of amides is 1. The highest BCUT2D eigenvalue weighted by molar-refractivity contribution is 6.31. The van der Waals surface area contributed by atoms with E-state index in [1.54, 1.807) is 25.3 Å². The van der Waals surface area contributed by atoms with Crippen LogP contribution in [0.3, 0.4) is 0 Å². The van der Waals surface area contributed by atoms with Gasteiger partial charge < -0.3 is 14.8 Å². The van der Waals surface area contributed by atoms with E-state index in [0.29, 0.717) is 36.1 Å². The second-order valence-corrected chi connectivity index (χ2v) is 6.72. The molecule has 0 spiro atoms. The fourth-order valence-corrected chi connectivity index (χ4v) is 3.50. The quantitative estimate of drug-likeness (QED) is 0.882. The second-order valence-electron chi connectivity index (χ2n) is 6.29. The van der Waals surface area contributed by atoms with Gasteiger partial charge in [0.1, 0.15) is 5.75 Å². The molecule has 2 aromatic rings. The number of carbonyl (C=O) groups excluding carboxylic acids is 1. The molecule has 3 rings (SSSR count). The minimum absolute atomic E-state index is 0.110. The number of hydrogen-bond donors (Lipinski definition) is 1. The lowest BCUT2D eigenvalue weighted by molar-refractivity contribution is 0.0487. The first-order chi connectivity index (χ1) is 12.1. The summed E-state index contributed by atoms with van der Waals surface area (Å²) in [6, 6.07) is 15.4. The Bertz CT molecular complexity index is 727. The molecule has 0 aromatic heterocycles. The van der Waals surface area contributed by atoms with E-state index >= 15 is 0 Å². The van der Waals surface area contributed by atoms with Crippen molar-refractivity contribution in [1.82, 2.24) is 5.32 Å². The van der Waals surface area contributed by atoms with Crippen LogP contribution in [0.15, 0.2) is 48.5 Å². The van der Waals surface area contributed by atoms with Gasteiger partial charge in [-0.15, -0.1) is 0 Å². The molecule has 4 nitrogen and oxygen atoms in total. The molecule has 1 aliphatic heterocycles. The van der Waals surface area contributed by atoms with E-state index in [1.165, 1.54) is 5.56 Å². The third kappa shape index (κ3) is 3.97. The molecule has 1 amide bonds. The van der Waals surface area contributed by atoms with Gasteiger partial charge in [-0.05, 0) is 36.6 Å². The first-order valence-electron chi connectivity index (χ1n) is 8.40. The van der Waals surface area contributed by atoms with Crippen LogP contribution < -0.4 is 10.1 Å². The summed E-state index contributed by atoms with van der Waals surface area (Å²) in [6.07, 6.45) is 1.76. The van der Waals surface area contributed by atoms with E-state index in [2.05, 4.69) is 17.4 Å². The maximum absolute atomic E-state index is 12.7. The molecule has 5 heteroatoms. The average Bonchev–Trinajstić information content (AvgIpc) is 2.67. The molecule has 1 N–H and O–H groups in total. The molecule has 0 unspecified atom stereocenters. The highest BCUT2D eigenvalue weighted by Crippen LogP contribution is 2.34. The maximum Gasteiger partial charge on any atom is 0.255 e. The fourth-order valence-electron chi connectivity index (χ4n) is 3.32. The summed E-state index contributed by atoms with van der Waals surface area (Å²) >= 11 is 6.04. The molecule has 1 heterocycles. The predicted molar refractivity (Wildman–Crippen MR) is 98.5 cm³/mol. The zero-order chi connectivity index (χ0) is 17.7. The van der Waals surface area contributed by atoms with Gasteiger partial charge in [-0.3, -0.25) is 4.79 Å². The molecule has 1 fully saturated rings. The minimum Gasteiger partial charge on any atom is -0.496 e. The maximum atomic E-state index is 12.7. The Kier molecular flexibility index (Phi) is 5.61. The molecule has 0 bridgehead atoms. The van der Waals surface area contributed by atoms with Crippen LogP contribution in [0, 0.1) is 0 Å². The van der Waals surface area contributed by atoms with Crippen LogP contribution >= 0.6 is 11.6 Å². The fraction of sp³-hybridized carbons (Fsp3) is 0.350. The van der Waals surface area contributed by atoms with Crippen LogP contribution in [0.1, 0.15) is 28.8 Å². The topological polar surface area (TPSA) is 47.6 Å². The highest BCUT2D eigenvalue weighted by atomic mass is 35.5. The smallest absolute Gasteiger partial charge is 0.255 e. The van der Waals surface area contributed by atoms with Crippen LogP contribution in [-0.4, -0.2) is 32.8 Å². The van der Waals surface area contributed by atoms with Crippen LogP contribution in [-0.2, 0) is 10.2 Å². The Morgan fingerprint density at radius 2 is 1.92 bits per heavy atom. The highest BCUT2D eigenvalue weighted by Gasteiger charge is 2.35. The van der Waals surface area contributed by atoms with E-state index in [-0.39, 0.29) is 11.3 Å². The average molecular weight is 360 g/mol. The minimum atomic E-state index is -0.179. The predicted octanol–water partition coefficient (Wildman–Crippen LogP) is 3.83. The van der Waals surface area contributed by atoms with Crippen molar-refractivity contribution in [3.63, 3.8) is 0 Å². The number of benzene rings is 2. The lowest BCUT2D eigenvalue weighted by Gasteiger charge is -2.38. The van der Waals surface area contributed by atoms with Crippen molar-refractivity contribution in [1.29, 1.82) is 0 Å². The molecule has 0 radical (unpaired) electrons. The second kappa shape index (κ2) is 7.89. The number of hydrogen-bond acceptors (Lipinski definition) is 3. The molecule has 132 valence electrons. The molecular formula is C20H22ClNO3. The van der Waals surface area contributed by atoms with Crippen molar-refractivity contribution in [2.75, 3.05) is 26.9 Å². The van der Waals surface area contributed by atoms with Gasteiger partial charge in [-0.1, -0.05) is 41.9 Å². The molecule has 1 aliphatic rings. The summed E-state index contributed by atoms with van der Waals surface area (Å²) in [5.74, 6) is 0.337. The lowest BCUT2D eigenvalue weighted by atomic mass is 9.74.